The number of hydrogen-bond acceptors (Lipinski definition) is 4. The van der Waals surface area contributed by atoms with Crippen molar-refractivity contribution in [2.75, 3.05) is 13.2 Å². The molecule has 0 spiro atoms. The molecule has 0 unspecified atom stereocenters. The molecule has 0 aliphatic heterocycles. The van der Waals surface area contributed by atoms with Crippen LogP contribution >= 0.6 is 0 Å². The highest BCUT2D eigenvalue weighted by Gasteiger charge is 2.24. The number of ether oxygens (including phenoxy) is 1. The number of hydrogen-bond donors (Lipinski definition) is 1. The van der Waals surface area contributed by atoms with Gasteiger partial charge in [0, 0.05) is 13.1 Å². The molecule has 2 aromatic rings. The number of rotatable bonds is 9. The smallest absolute Gasteiger partial charge is 0.341 e. The van der Waals surface area contributed by atoms with E-state index in [1.54, 1.807) is 0 Å². The lowest BCUT2D eigenvalue weighted by Crippen LogP contribution is -2.31. The molecule has 0 fully saturated rings. The van der Waals surface area contributed by atoms with Crippen molar-refractivity contribution in [2.24, 2.45) is 0 Å². The highest BCUT2D eigenvalue weighted by atomic mass is 32.2. The zero-order valence-corrected chi connectivity index (χ0v) is 14.8. The third-order valence-electron chi connectivity index (χ3n) is 3.50. The fraction of sp³-hybridized carbons (Fsp3) is 0.278. The first-order valence-corrected chi connectivity index (χ1v) is 9.36. The van der Waals surface area contributed by atoms with Crippen molar-refractivity contribution in [3.8, 4) is 5.75 Å². The maximum Gasteiger partial charge on any atom is 0.341 e. The SMILES string of the molecule is CCCN(Cc1ccccc1)S(=O)(=O)c1ccc(OCC(=O)O)cc1. The first-order valence-electron chi connectivity index (χ1n) is 7.92. The minimum Gasteiger partial charge on any atom is -0.482 e. The van der Waals surface area contributed by atoms with E-state index in [0.717, 1.165) is 5.56 Å². The second-order valence-electron chi connectivity index (χ2n) is 5.48. The van der Waals surface area contributed by atoms with Gasteiger partial charge in [-0.2, -0.15) is 4.31 Å². The van der Waals surface area contributed by atoms with E-state index < -0.39 is 22.6 Å². The quantitative estimate of drug-likeness (QED) is 0.741. The summed E-state index contributed by atoms with van der Waals surface area (Å²) in [7, 11) is -3.65. The zero-order valence-electron chi connectivity index (χ0n) is 14.0. The summed E-state index contributed by atoms with van der Waals surface area (Å²) in [5.41, 5.74) is 0.918. The Hall–Kier alpha value is -2.38. The van der Waals surface area contributed by atoms with Crippen LogP contribution in [0.5, 0.6) is 5.75 Å². The van der Waals surface area contributed by atoms with Gasteiger partial charge in [-0.15, -0.1) is 0 Å². The Morgan fingerprint density at radius 1 is 1.08 bits per heavy atom. The van der Waals surface area contributed by atoms with Crippen LogP contribution in [0.25, 0.3) is 0 Å². The van der Waals surface area contributed by atoms with Crippen molar-refractivity contribution in [1.29, 1.82) is 0 Å². The summed E-state index contributed by atoms with van der Waals surface area (Å²) in [6, 6.07) is 15.2. The molecule has 7 heteroatoms. The van der Waals surface area contributed by atoms with Gasteiger partial charge in [-0.25, -0.2) is 13.2 Å². The second kappa shape index (κ2) is 8.64. The summed E-state index contributed by atoms with van der Waals surface area (Å²) in [4.78, 5) is 10.7. The summed E-state index contributed by atoms with van der Waals surface area (Å²) in [6.45, 7) is 2.17. The lowest BCUT2D eigenvalue weighted by Gasteiger charge is -2.22. The molecule has 0 saturated carbocycles. The van der Waals surface area contributed by atoms with Gasteiger partial charge < -0.3 is 9.84 Å². The highest BCUT2D eigenvalue weighted by Crippen LogP contribution is 2.21. The van der Waals surface area contributed by atoms with E-state index in [1.807, 2.05) is 37.3 Å². The van der Waals surface area contributed by atoms with Crippen LogP contribution in [-0.2, 0) is 21.4 Å². The fourth-order valence-corrected chi connectivity index (χ4v) is 3.84. The van der Waals surface area contributed by atoms with Crippen LogP contribution in [0.4, 0.5) is 0 Å². The third-order valence-corrected chi connectivity index (χ3v) is 5.36. The number of aliphatic carboxylic acids is 1. The molecule has 0 bridgehead atoms. The summed E-state index contributed by atoms with van der Waals surface area (Å²) in [6.07, 6.45) is 0.700. The molecule has 0 aliphatic carbocycles. The van der Waals surface area contributed by atoms with Crippen molar-refractivity contribution in [2.45, 2.75) is 24.8 Å². The van der Waals surface area contributed by atoms with E-state index >= 15 is 0 Å². The molecule has 25 heavy (non-hydrogen) atoms. The van der Waals surface area contributed by atoms with Gasteiger partial charge in [-0.3, -0.25) is 0 Å². The topological polar surface area (TPSA) is 83.9 Å². The number of nitrogens with zero attached hydrogens (tertiary/aromatic N) is 1. The second-order valence-corrected chi connectivity index (χ2v) is 7.42. The number of carboxylic acids is 1. The third kappa shape index (κ3) is 5.30. The van der Waals surface area contributed by atoms with E-state index in [2.05, 4.69) is 0 Å². The van der Waals surface area contributed by atoms with E-state index in [-0.39, 0.29) is 4.90 Å². The predicted molar refractivity (Wildman–Crippen MR) is 93.9 cm³/mol. The molecular formula is C18H21NO5S. The zero-order chi connectivity index (χ0) is 18.3. The van der Waals surface area contributed by atoms with Crippen molar-refractivity contribution in [3.05, 3.63) is 60.2 Å². The molecule has 2 aromatic carbocycles. The fourth-order valence-electron chi connectivity index (χ4n) is 2.32. The predicted octanol–water partition coefficient (Wildman–Crippen LogP) is 2.75. The van der Waals surface area contributed by atoms with Crippen LogP contribution in [0.15, 0.2) is 59.5 Å². The Bertz CT molecular complexity index is 788. The largest absolute Gasteiger partial charge is 0.482 e. The van der Waals surface area contributed by atoms with Gasteiger partial charge in [-0.1, -0.05) is 37.3 Å². The van der Waals surface area contributed by atoms with Gasteiger partial charge >= 0.3 is 5.97 Å². The number of sulfonamides is 1. The Labute approximate surface area is 147 Å². The van der Waals surface area contributed by atoms with Gasteiger partial charge in [0.2, 0.25) is 10.0 Å². The van der Waals surface area contributed by atoms with Crippen LogP contribution in [0.1, 0.15) is 18.9 Å². The Kier molecular flexibility index (Phi) is 6.55. The van der Waals surface area contributed by atoms with E-state index in [9.17, 15) is 13.2 Å². The van der Waals surface area contributed by atoms with Gasteiger partial charge in [0.15, 0.2) is 6.61 Å². The van der Waals surface area contributed by atoms with Crippen LogP contribution in [0, 0.1) is 0 Å². The van der Waals surface area contributed by atoms with Crippen molar-refractivity contribution >= 4 is 16.0 Å². The molecule has 0 radical (unpaired) electrons. The molecule has 0 aromatic heterocycles. The lowest BCUT2D eigenvalue weighted by molar-refractivity contribution is -0.139. The maximum absolute atomic E-state index is 12.9. The average molecular weight is 363 g/mol. The van der Waals surface area contributed by atoms with Crippen molar-refractivity contribution in [1.82, 2.24) is 4.31 Å². The lowest BCUT2D eigenvalue weighted by atomic mass is 10.2. The molecule has 0 atom stereocenters. The first-order chi connectivity index (χ1) is 11.9. The highest BCUT2D eigenvalue weighted by molar-refractivity contribution is 7.89. The summed E-state index contributed by atoms with van der Waals surface area (Å²) < 4.78 is 32.3. The van der Waals surface area contributed by atoms with E-state index in [0.29, 0.717) is 25.3 Å². The van der Waals surface area contributed by atoms with E-state index in [4.69, 9.17) is 9.84 Å². The number of carbonyl (C=O) groups is 1. The molecule has 1 N–H and O–H groups in total. The van der Waals surface area contributed by atoms with Crippen LogP contribution < -0.4 is 4.74 Å². The molecule has 0 aliphatic rings. The minimum atomic E-state index is -3.65. The molecular weight excluding hydrogens is 342 g/mol. The number of carboxylic acid groups (broad SMARTS) is 1. The average Bonchev–Trinajstić information content (AvgIpc) is 2.61. The van der Waals surface area contributed by atoms with Crippen molar-refractivity contribution < 1.29 is 23.1 Å². The molecule has 6 nitrogen and oxygen atoms in total. The molecule has 0 saturated heterocycles. The minimum absolute atomic E-state index is 0.152. The summed E-state index contributed by atoms with van der Waals surface area (Å²) in [5, 5.41) is 8.60. The number of benzene rings is 2. The van der Waals surface area contributed by atoms with Gasteiger partial charge in [0.1, 0.15) is 5.75 Å². The maximum atomic E-state index is 12.9. The molecule has 2 rings (SSSR count). The Morgan fingerprint density at radius 2 is 1.72 bits per heavy atom. The van der Waals surface area contributed by atoms with Crippen LogP contribution in [0.2, 0.25) is 0 Å². The first kappa shape index (κ1) is 19.0. The van der Waals surface area contributed by atoms with Crippen LogP contribution in [-0.4, -0.2) is 37.0 Å². The standard InChI is InChI=1S/C18H21NO5S/c1-2-12-19(13-15-6-4-3-5-7-15)25(22,23)17-10-8-16(9-11-17)24-14-18(20)21/h3-11H,2,12-14H2,1H3,(H,20,21). The van der Waals surface area contributed by atoms with Gasteiger partial charge in [-0.05, 0) is 36.2 Å². The molecule has 134 valence electrons. The summed E-state index contributed by atoms with van der Waals surface area (Å²) in [5.74, 6) is -0.778. The monoisotopic (exact) mass is 363 g/mol. The van der Waals surface area contributed by atoms with Crippen molar-refractivity contribution in [3.63, 3.8) is 0 Å². The van der Waals surface area contributed by atoms with Gasteiger partial charge in [0.25, 0.3) is 0 Å². The van der Waals surface area contributed by atoms with Crippen LogP contribution in [0.3, 0.4) is 0 Å². The van der Waals surface area contributed by atoms with Gasteiger partial charge in [0.05, 0.1) is 4.90 Å². The Balaban J connectivity index is 2.19. The van der Waals surface area contributed by atoms with E-state index in [1.165, 1.54) is 28.6 Å². The Morgan fingerprint density at radius 3 is 2.28 bits per heavy atom. The molecule has 0 amide bonds. The summed E-state index contributed by atoms with van der Waals surface area (Å²) >= 11 is 0. The molecule has 0 heterocycles. The normalized spacial score (nSPS) is 11.4.